The molecule has 10 heteroatoms. The summed E-state index contributed by atoms with van der Waals surface area (Å²) in [7, 11) is 0. The van der Waals surface area contributed by atoms with Gasteiger partial charge in [-0.3, -0.25) is 14.9 Å². The Morgan fingerprint density at radius 2 is 1.77 bits per heavy atom. The van der Waals surface area contributed by atoms with Crippen LogP contribution in [0.2, 0.25) is 15.1 Å². The van der Waals surface area contributed by atoms with Crippen LogP contribution < -0.4 is 10.5 Å². The number of nitro benzene ring substituents is 1. The second-order valence-electron chi connectivity index (χ2n) is 4.70. The molecule has 0 saturated carbocycles. The van der Waals surface area contributed by atoms with Gasteiger partial charge in [-0.2, -0.15) is 0 Å². The van der Waals surface area contributed by atoms with Crippen LogP contribution in [0.15, 0.2) is 30.3 Å². The molecule has 0 heterocycles. The second kappa shape index (κ2) is 10.1. The topological polar surface area (TPSA) is 105 Å². The molecule has 2 aromatic carbocycles. The number of carbonyl (C=O) groups is 1. The fraction of sp³-hybridized carbons (Fsp3) is 0.188. The van der Waals surface area contributed by atoms with E-state index in [4.69, 9.17) is 45.3 Å². The molecule has 0 bridgehead atoms. The molecule has 0 aromatic heterocycles. The van der Waals surface area contributed by atoms with Gasteiger partial charge in [-0.15, -0.1) is 0 Å². The first-order chi connectivity index (χ1) is 12.1. The number of nitrogen functional groups attached to an aromatic ring is 1. The van der Waals surface area contributed by atoms with Gasteiger partial charge in [-0.05, 0) is 25.1 Å². The third kappa shape index (κ3) is 6.59. The lowest BCUT2D eigenvalue weighted by Crippen LogP contribution is -1.96. The third-order valence-corrected chi connectivity index (χ3v) is 3.51. The Kier molecular flexibility index (Phi) is 8.44. The molecule has 0 spiro atoms. The van der Waals surface area contributed by atoms with Gasteiger partial charge >= 0.3 is 5.97 Å². The number of rotatable bonds is 4. The summed E-state index contributed by atoms with van der Waals surface area (Å²) in [5.74, 6) is 0.266. The van der Waals surface area contributed by atoms with E-state index in [1.165, 1.54) is 37.3 Å². The maximum Gasteiger partial charge on any atom is 0.302 e. The Morgan fingerprint density at radius 1 is 1.19 bits per heavy atom. The van der Waals surface area contributed by atoms with E-state index in [0.717, 1.165) is 0 Å². The Hall–Kier alpha value is -2.22. The van der Waals surface area contributed by atoms with Crippen molar-refractivity contribution in [1.82, 2.24) is 0 Å². The number of halogens is 3. The van der Waals surface area contributed by atoms with Crippen LogP contribution in [-0.4, -0.2) is 17.5 Å². The van der Waals surface area contributed by atoms with Crippen molar-refractivity contribution in [3.05, 3.63) is 55.5 Å². The van der Waals surface area contributed by atoms with Crippen molar-refractivity contribution in [2.45, 2.75) is 13.8 Å². The number of hydrogen-bond acceptors (Lipinski definition) is 6. The zero-order valence-electron chi connectivity index (χ0n) is 13.8. The van der Waals surface area contributed by atoms with E-state index in [2.05, 4.69) is 4.74 Å². The van der Waals surface area contributed by atoms with Gasteiger partial charge in [-0.25, -0.2) is 0 Å². The summed E-state index contributed by atoms with van der Waals surface area (Å²) in [6.45, 7) is 3.65. The van der Waals surface area contributed by atoms with E-state index in [9.17, 15) is 14.9 Å². The summed E-state index contributed by atoms with van der Waals surface area (Å²) in [6.07, 6.45) is 0. The van der Waals surface area contributed by atoms with Crippen LogP contribution in [0.3, 0.4) is 0 Å². The molecule has 7 nitrogen and oxygen atoms in total. The molecule has 0 radical (unpaired) electrons. The average Bonchev–Trinajstić information content (AvgIpc) is 2.51. The number of benzene rings is 2. The fourth-order valence-corrected chi connectivity index (χ4v) is 2.60. The standard InChI is InChI=1S/C12H7Cl3N2O3.C4H8O2/c13-6-3-8(14)12(9(15)4-6)20-7-1-2-11(17(18)19)10(16)5-7;1-3-6-4(2)5/h1-5H,16H2;3H2,1-2H3. The van der Waals surface area contributed by atoms with Gasteiger partial charge in [0.1, 0.15) is 11.4 Å². The van der Waals surface area contributed by atoms with Crippen LogP contribution in [0.4, 0.5) is 11.4 Å². The molecule has 0 amide bonds. The van der Waals surface area contributed by atoms with Crippen LogP contribution >= 0.6 is 34.8 Å². The molecular weight excluding hydrogens is 407 g/mol. The van der Waals surface area contributed by atoms with Gasteiger partial charge in [0.2, 0.25) is 0 Å². The Morgan fingerprint density at radius 3 is 2.15 bits per heavy atom. The molecule has 2 aromatic rings. The number of carbonyl (C=O) groups excluding carboxylic acids is 1. The highest BCUT2D eigenvalue weighted by molar-refractivity contribution is 6.40. The minimum atomic E-state index is -0.582. The molecule has 0 aliphatic carbocycles. The highest BCUT2D eigenvalue weighted by Crippen LogP contribution is 2.39. The van der Waals surface area contributed by atoms with E-state index >= 15 is 0 Å². The van der Waals surface area contributed by atoms with E-state index in [1.54, 1.807) is 6.92 Å². The molecule has 0 saturated heterocycles. The number of anilines is 1. The Labute approximate surface area is 164 Å². The molecule has 2 N–H and O–H groups in total. The number of ether oxygens (including phenoxy) is 2. The SMILES string of the molecule is CCOC(C)=O.Nc1cc(Oc2c(Cl)cc(Cl)cc2Cl)ccc1[N+](=O)[O-]. The lowest BCUT2D eigenvalue weighted by Gasteiger charge is -2.10. The average molecular weight is 422 g/mol. The van der Waals surface area contributed by atoms with Gasteiger partial charge < -0.3 is 15.2 Å². The maximum absolute atomic E-state index is 10.7. The van der Waals surface area contributed by atoms with Crippen LogP contribution in [0.1, 0.15) is 13.8 Å². The molecule has 0 aliphatic heterocycles. The van der Waals surface area contributed by atoms with Crippen molar-refractivity contribution < 1.29 is 19.2 Å². The zero-order chi connectivity index (χ0) is 19.9. The second-order valence-corrected chi connectivity index (χ2v) is 5.95. The monoisotopic (exact) mass is 420 g/mol. The van der Waals surface area contributed by atoms with Crippen molar-refractivity contribution in [2.75, 3.05) is 12.3 Å². The van der Waals surface area contributed by atoms with Gasteiger partial charge in [0.05, 0.1) is 21.6 Å². The van der Waals surface area contributed by atoms with Gasteiger partial charge in [-0.1, -0.05) is 34.8 Å². The Bertz CT molecular complexity index is 791. The van der Waals surface area contributed by atoms with Crippen LogP contribution in [-0.2, 0) is 9.53 Å². The fourth-order valence-electron chi connectivity index (χ4n) is 1.71. The lowest BCUT2D eigenvalue weighted by molar-refractivity contribution is -0.383. The van der Waals surface area contributed by atoms with Crippen molar-refractivity contribution in [3.63, 3.8) is 0 Å². The van der Waals surface area contributed by atoms with E-state index < -0.39 is 4.92 Å². The highest BCUT2D eigenvalue weighted by Gasteiger charge is 2.14. The van der Waals surface area contributed by atoms with E-state index in [0.29, 0.717) is 11.6 Å². The quantitative estimate of drug-likeness (QED) is 0.302. The first-order valence-electron chi connectivity index (χ1n) is 7.15. The minimum Gasteiger partial charge on any atom is -0.466 e. The van der Waals surface area contributed by atoms with Crippen molar-refractivity contribution in [2.24, 2.45) is 0 Å². The molecule has 0 unspecified atom stereocenters. The first kappa shape index (κ1) is 21.8. The zero-order valence-corrected chi connectivity index (χ0v) is 16.1. The molecular formula is C16H15Cl3N2O5. The molecule has 140 valence electrons. The van der Waals surface area contributed by atoms with E-state index in [1.807, 2.05) is 0 Å². The third-order valence-electron chi connectivity index (χ3n) is 2.73. The van der Waals surface area contributed by atoms with Gasteiger partial charge in [0.15, 0.2) is 5.75 Å². The Balaban J connectivity index is 0.000000487. The summed E-state index contributed by atoms with van der Waals surface area (Å²) in [5, 5.41) is 11.5. The van der Waals surface area contributed by atoms with Crippen molar-refractivity contribution in [3.8, 4) is 11.5 Å². The largest absolute Gasteiger partial charge is 0.466 e. The smallest absolute Gasteiger partial charge is 0.302 e. The van der Waals surface area contributed by atoms with Crippen LogP contribution in [0.25, 0.3) is 0 Å². The first-order valence-corrected chi connectivity index (χ1v) is 8.28. The van der Waals surface area contributed by atoms with E-state index in [-0.39, 0.29) is 38.9 Å². The van der Waals surface area contributed by atoms with Gasteiger partial charge in [0.25, 0.3) is 5.69 Å². The summed E-state index contributed by atoms with van der Waals surface area (Å²) < 4.78 is 9.89. The molecule has 26 heavy (non-hydrogen) atoms. The van der Waals surface area contributed by atoms with Crippen molar-refractivity contribution in [1.29, 1.82) is 0 Å². The number of nitro groups is 1. The normalized spacial score (nSPS) is 9.73. The molecule has 0 atom stereocenters. The molecule has 0 aliphatic rings. The molecule has 0 fully saturated rings. The predicted octanol–water partition coefficient (Wildman–Crippen LogP) is 5.50. The van der Waals surface area contributed by atoms with Crippen molar-refractivity contribution >= 4 is 52.1 Å². The summed E-state index contributed by atoms with van der Waals surface area (Å²) in [6, 6.07) is 6.90. The molecule has 2 rings (SSSR count). The summed E-state index contributed by atoms with van der Waals surface area (Å²) in [4.78, 5) is 19.9. The number of hydrogen-bond donors (Lipinski definition) is 1. The van der Waals surface area contributed by atoms with Crippen LogP contribution in [0.5, 0.6) is 11.5 Å². The number of nitrogens with zero attached hydrogens (tertiary/aromatic N) is 1. The maximum atomic E-state index is 10.7. The number of esters is 1. The number of nitrogens with two attached hydrogens (primary N) is 1. The summed E-state index contributed by atoms with van der Waals surface area (Å²) in [5.41, 5.74) is 5.34. The predicted molar refractivity (Wildman–Crippen MR) is 101 cm³/mol. The summed E-state index contributed by atoms with van der Waals surface area (Å²) >= 11 is 17.7. The minimum absolute atomic E-state index is 0.0197. The van der Waals surface area contributed by atoms with Gasteiger partial charge in [0, 0.05) is 24.1 Å². The van der Waals surface area contributed by atoms with Crippen LogP contribution in [0, 0.1) is 10.1 Å². The highest BCUT2D eigenvalue weighted by atomic mass is 35.5. The lowest BCUT2D eigenvalue weighted by atomic mass is 10.2.